The molecule has 1 aliphatic rings. The minimum absolute atomic E-state index is 0.0295. The van der Waals surface area contributed by atoms with Crippen molar-refractivity contribution in [2.75, 3.05) is 23.8 Å². The third kappa shape index (κ3) is 2.87. The number of benzene rings is 1. The van der Waals surface area contributed by atoms with Gasteiger partial charge >= 0.3 is 0 Å². The quantitative estimate of drug-likeness (QED) is 0.877. The lowest BCUT2D eigenvalue weighted by atomic mass is 10.1. The minimum atomic E-state index is 0.0295. The second kappa shape index (κ2) is 6.00. The number of rotatable bonds is 4. The van der Waals surface area contributed by atoms with E-state index in [2.05, 4.69) is 15.6 Å². The van der Waals surface area contributed by atoms with Crippen molar-refractivity contribution in [1.82, 2.24) is 4.98 Å². The first kappa shape index (κ1) is 14.3. The van der Waals surface area contributed by atoms with Crippen LogP contribution in [0.15, 0.2) is 30.3 Å². The molecule has 0 radical (unpaired) electrons. The summed E-state index contributed by atoms with van der Waals surface area (Å²) in [5.41, 5.74) is 1.11. The highest BCUT2D eigenvalue weighted by Crippen LogP contribution is 2.36. The van der Waals surface area contributed by atoms with Gasteiger partial charge in [-0.05, 0) is 19.1 Å². The van der Waals surface area contributed by atoms with Gasteiger partial charge in [0.15, 0.2) is 0 Å². The molecule has 3 rings (SSSR count). The average Bonchev–Trinajstić information content (AvgIpc) is 2.88. The van der Waals surface area contributed by atoms with Crippen molar-refractivity contribution in [2.45, 2.75) is 13.0 Å². The van der Waals surface area contributed by atoms with E-state index < -0.39 is 0 Å². The molecule has 0 amide bonds. The predicted octanol–water partition coefficient (Wildman–Crippen LogP) is 4.37. The molecule has 1 unspecified atom stereocenters. The maximum atomic E-state index is 6.23. The standard InChI is InChI=1S/C15H15Cl2N3O/c1-2-18-14-10(16)7-11(17)15(20-14)19-12-8-21-13-6-4-3-5-9(12)13/h3-7,12H,2,8H2,1H3,(H2,18,19,20). The number of anilines is 2. The van der Waals surface area contributed by atoms with Gasteiger partial charge in [-0.3, -0.25) is 0 Å². The van der Waals surface area contributed by atoms with Crippen molar-refractivity contribution >= 4 is 34.8 Å². The summed E-state index contributed by atoms with van der Waals surface area (Å²) in [5, 5.41) is 7.44. The van der Waals surface area contributed by atoms with E-state index in [1.807, 2.05) is 31.2 Å². The summed E-state index contributed by atoms with van der Waals surface area (Å²) < 4.78 is 5.65. The number of fused-ring (bicyclic) bond motifs is 1. The molecule has 0 fully saturated rings. The van der Waals surface area contributed by atoms with Gasteiger partial charge in [0.25, 0.3) is 0 Å². The lowest BCUT2D eigenvalue weighted by Gasteiger charge is -2.15. The number of nitrogens with zero attached hydrogens (tertiary/aromatic N) is 1. The zero-order valence-electron chi connectivity index (χ0n) is 11.5. The largest absolute Gasteiger partial charge is 0.491 e. The van der Waals surface area contributed by atoms with E-state index in [4.69, 9.17) is 27.9 Å². The fraction of sp³-hybridized carbons (Fsp3) is 0.267. The second-order valence-corrected chi connectivity index (χ2v) is 5.54. The van der Waals surface area contributed by atoms with E-state index >= 15 is 0 Å². The van der Waals surface area contributed by atoms with Gasteiger partial charge in [0, 0.05) is 12.1 Å². The summed E-state index contributed by atoms with van der Waals surface area (Å²) in [4.78, 5) is 4.46. The van der Waals surface area contributed by atoms with Gasteiger partial charge in [0.2, 0.25) is 0 Å². The van der Waals surface area contributed by atoms with Crippen molar-refractivity contribution in [1.29, 1.82) is 0 Å². The Kier molecular flexibility index (Phi) is 4.08. The average molecular weight is 324 g/mol. The SMILES string of the molecule is CCNc1nc(NC2COc3ccccc32)c(Cl)cc1Cl. The first-order valence-electron chi connectivity index (χ1n) is 6.77. The Labute approximate surface area is 133 Å². The molecule has 110 valence electrons. The Morgan fingerprint density at radius 1 is 1.24 bits per heavy atom. The van der Waals surface area contributed by atoms with Crippen LogP contribution in [-0.2, 0) is 0 Å². The van der Waals surface area contributed by atoms with Crippen LogP contribution in [0.2, 0.25) is 10.0 Å². The summed E-state index contributed by atoms with van der Waals surface area (Å²) >= 11 is 12.3. The lowest BCUT2D eigenvalue weighted by Crippen LogP contribution is -2.14. The summed E-state index contributed by atoms with van der Waals surface area (Å²) in [6.45, 7) is 3.28. The van der Waals surface area contributed by atoms with Crippen LogP contribution in [0.3, 0.4) is 0 Å². The Morgan fingerprint density at radius 2 is 2.00 bits per heavy atom. The highest BCUT2D eigenvalue weighted by Gasteiger charge is 2.24. The number of hydrogen-bond acceptors (Lipinski definition) is 4. The molecule has 0 bridgehead atoms. The fourth-order valence-corrected chi connectivity index (χ4v) is 2.79. The summed E-state index contributed by atoms with van der Waals surface area (Å²) in [5.74, 6) is 2.12. The molecular weight excluding hydrogens is 309 g/mol. The van der Waals surface area contributed by atoms with Gasteiger partial charge in [-0.25, -0.2) is 4.98 Å². The first-order chi connectivity index (χ1) is 10.2. The Bertz CT molecular complexity index is 663. The second-order valence-electron chi connectivity index (χ2n) is 4.73. The molecule has 1 aromatic carbocycles. The molecule has 21 heavy (non-hydrogen) atoms. The third-order valence-electron chi connectivity index (χ3n) is 3.28. The topological polar surface area (TPSA) is 46.2 Å². The molecule has 2 N–H and O–H groups in total. The molecule has 6 heteroatoms. The Morgan fingerprint density at radius 3 is 2.81 bits per heavy atom. The van der Waals surface area contributed by atoms with Gasteiger partial charge in [-0.2, -0.15) is 0 Å². The molecule has 1 atom stereocenters. The smallest absolute Gasteiger partial charge is 0.147 e. The molecule has 1 aliphatic heterocycles. The van der Waals surface area contributed by atoms with Crippen LogP contribution in [0, 0.1) is 0 Å². The Hall–Kier alpha value is -1.65. The van der Waals surface area contributed by atoms with E-state index in [0.29, 0.717) is 28.3 Å². The van der Waals surface area contributed by atoms with Crippen molar-refractivity contribution in [2.24, 2.45) is 0 Å². The molecule has 0 aliphatic carbocycles. The molecular formula is C15H15Cl2N3O. The van der Waals surface area contributed by atoms with Gasteiger partial charge < -0.3 is 15.4 Å². The van der Waals surface area contributed by atoms with Crippen molar-refractivity contribution in [3.63, 3.8) is 0 Å². The van der Waals surface area contributed by atoms with Crippen LogP contribution in [0.4, 0.5) is 11.6 Å². The summed E-state index contributed by atoms with van der Waals surface area (Å²) in [6.07, 6.45) is 0. The van der Waals surface area contributed by atoms with Gasteiger partial charge in [0.1, 0.15) is 24.0 Å². The fourth-order valence-electron chi connectivity index (χ4n) is 2.31. The molecule has 0 saturated carbocycles. The van der Waals surface area contributed by atoms with Crippen molar-refractivity contribution < 1.29 is 4.74 Å². The molecule has 1 aromatic heterocycles. The maximum absolute atomic E-state index is 6.23. The van der Waals surface area contributed by atoms with Gasteiger partial charge in [0.05, 0.1) is 16.1 Å². The van der Waals surface area contributed by atoms with Gasteiger partial charge in [-0.15, -0.1) is 0 Å². The van der Waals surface area contributed by atoms with E-state index in [-0.39, 0.29) is 6.04 Å². The van der Waals surface area contributed by atoms with E-state index in [1.165, 1.54) is 0 Å². The predicted molar refractivity (Wildman–Crippen MR) is 86.7 cm³/mol. The maximum Gasteiger partial charge on any atom is 0.147 e. The zero-order chi connectivity index (χ0) is 14.8. The van der Waals surface area contributed by atoms with E-state index in [1.54, 1.807) is 6.07 Å². The number of halogens is 2. The van der Waals surface area contributed by atoms with Crippen molar-refractivity contribution in [3.05, 3.63) is 45.9 Å². The van der Waals surface area contributed by atoms with E-state index in [0.717, 1.165) is 17.9 Å². The first-order valence-corrected chi connectivity index (χ1v) is 7.52. The van der Waals surface area contributed by atoms with Gasteiger partial charge in [-0.1, -0.05) is 41.4 Å². The zero-order valence-corrected chi connectivity index (χ0v) is 13.0. The summed E-state index contributed by atoms with van der Waals surface area (Å²) in [6, 6.07) is 9.66. The number of aromatic nitrogens is 1. The number of hydrogen-bond donors (Lipinski definition) is 2. The molecule has 0 spiro atoms. The monoisotopic (exact) mass is 323 g/mol. The molecule has 2 heterocycles. The number of ether oxygens (including phenoxy) is 1. The highest BCUT2D eigenvalue weighted by atomic mass is 35.5. The number of pyridine rings is 1. The van der Waals surface area contributed by atoms with E-state index in [9.17, 15) is 0 Å². The molecule has 0 saturated heterocycles. The van der Waals surface area contributed by atoms with Crippen LogP contribution >= 0.6 is 23.2 Å². The summed E-state index contributed by atoms with van der Waals surface area (Å²) in [7, 11) is 0. The lowest BCUT2D eigenvalue weighted by molar-refractivity contribution is 0.339. The molecule has 4 nitrogen and oxygen atoms in total. The molecule has 2 aromatic rings. The third-order valence-corrected chi connectivity index (χ3v) is 3.86. The minimum Gasteiger partial charge on any atom is -0.491 e. The van der Waals surface area contributed by atoms with Crippen LogP contribution in [0.1, 0.15) is 18.5 Å². The van der Waals surface area contributed by atoms with Crippen LogP contribution < -0.4 is 15.4 Å². The van der Waals surface area contributed by atoms with Crippen molar-refractivity contribution in [3.8, 4) is 5.75 Å². The Balaban J connectivity index is 1.87. The normalized spacial score (nSPS) is 16.2. The number of para-hydroxylation sites is 1. The number of nitrogens with one attached hydrogen (secondary N) is 2. The van der Waals surface area contributed by atoms with Crippen LogP contribution in [-0.4, -0.2) is 18.1 Å². The van der Waals surface area contributed by atoms with Crippen LogP contribution in [0.25, 0.3) is 0 Å². The highest BCUT2D eigenvalue weighted by molar-refractivity contribution is 6.37. The van der Waals surface area contributed by atoms with Crippen LogP contribution in [0.5, 0.6) is 5.75 Å².